The molecule has 0 saturated heterocycles. The first kappa shape index (κ1) is 15.3. The molecule has 1 aromatic carbocycles. The molecular weight excluding hydrogens is 268 g/mol. The minimum atomic E-state index is -0.181. The van der Waals surface area contributed by atoms with Crippen LogP contribution in [0.25, 0.3) is 0 Å². The summed E-state index contributed by atoms with van der Waals surface area (Å²) in [6.07, 6.45) is 5.34. The molecule has 0 atom stereocenters. The van der Waals surface area contributed by atoms with Crippen molar-refractivity contribution in [2.75, 3.05) is 18.5 Å². The minimum Gasteiger partial charge on any atom is -0.396 e. The molecule has 5 nitrogen and oxygen atoms in total. The number of nitrogens with one attached hydrogen (secondary N) is 2. The molecule has 0 saturated carbocycles. The third-order valence-corrected chi connectivity index (χ3v) is 3.36. The number of amides is 2. The fourth-order valence-electron chi connectivity index (χ4n) is 2.18. The van der Waals surface area contributed by atoms with E-state index in [1.807, 2.05) is 6.08 Å². The Bertz CT molecular complexity index is 535. The fraction of sp³-hybridized carbons (Fsp3) is 0.375. The predicted octanol–water partition coefficient (Wildman–Crippen LogP) is 1.85. The number of aliphatic hydroxyl groups excluding tert-OH is 1. The summed E-state index contributed by atoms with van der Waals surface area (Å²) < 4.78 is 0. The van der Waals surface area contributed by atoms with Gasteiger partial charge in [0, 0.05) is 30.0 Å². The van der Waals surface area contributed by atoms with Crippen LogP contribution in [0.15, 0.2) is 35.9 Å². The lowest BCUT2D eigenvalue weighted by Crippen LogP contribution is -2.25. The molecule has 0 heterocycles. The van der Waals surface area contributed by atoms with Gasteiger partial charge in [0.1, 0.15) is 0 Å². The van der Waals surface area contributed by atoms with Gasteiger partial charge in [-0.25, -0.2) is 0 Å². The van der Waals surface area contributed by atoms with Crippen molar-refractivity contribution in [2.24, 2.45) is 0 Å². The van der Waals surface area contributed by atoms with Crippen LogP contribution < -0.4 is 10.6 Å². The van der Waals surface area contributed by atoms with Gasteiger partial charge in [0.2, 0.25) is 0 Å². The Morgan fingerprint density at radius 2 is 1.90 bits per heavy atom. The van der Waals surface area contributed by atoms with Gasteiger partial charge in [-0.15, -0.1) is 0 Å². The highest BCUT2D eigenvalue weighted by molar-refractivity contribution is 6.04. The second-order valence-electron chi connectivity index (χ2n) is 4.99. The number of rotatable bonds is 6. The molecule has 2 amide bonds. The first-order valence-electron chi connectivity index (χ1n) is 7.20. The van der Waals surface area contributed by atoms with Crippen LogP contribution in [-0.2, 0) is 4.79 Å². The SMILES string of the molecule is O=C(Nc1ccc(C(=O)NCCCO)cc1)C1=CCCC1. The van der Waals surface area contributed by atoms with E-state index < -0.39 is 0 Å². The number of carbonyl (C=O) groups excluding carboxylic acids is 2. The second-order valence-corrected chi connectivity index (χ2v) is 4.99. The molecule has 1 aliphatic rings. The van der Waals surface area contributed by atoms with Crippen LogP contribution in [0.3, 0.4) is 0 Å². The van der Waals surface area contributed by atoms with E-state index in [9.17, 15) is 9.59 Å². The van der Waals surface area contributed by atoms with Crippen molar-refractivity contribution in [2.45, 2.75) is 25.7 Å². The molecule has 21 heavy (non-hydrogen) atoms. The number of hydrogen-bond donors (Lipinski definition) is 3. The molecule has 3 N–H and O–H groups in total. The lowest BCUT2D eigenvalue weighted by Gasteiger charge is -2.07. The van der Waals surface area contributed by atoms with Crippen molar-refractivity contribution in [3.05, 3.63) is 41.5 Å². The number of anilines is 1. The number of benzene rings is 1. The molecule has 1 aromatic rings. The van der Waals surface area contributed by atoms with E-state index in [4.69, 9.17) is 5.11 Å². The largest absolute Gasteiger partial charge is 0.396 e. The molecule has 5 heteroatoms. The van der Waals surface area contributed by atoms with Gasteiger partial charge in [0.15, 0.2) is 0 Å². The fourth-order valence-corrected chi connectivity index (χ4v) is 2.18. The molecule has 0 radical (unpaired) electrons. The van der Waals surface area contributed by atoms with Gasteiger partial charge in [0.05, 0.1) is 0 Å². The van der Waals surface area contributed by atoms with E-state index in [0.717, 1.165) is 24.8 Å². The van der Waals surface area contributed by atoms with Crippen LogP contribution in [0.5, 0.6) is 0 Å². The van der Waals surface area contributed by atoms with Crippen LogP contribution in [0.4, 0.5) is 5.69 Å². The van der Waals surface area contributed by atoms with Crippen molar-refractivity contribution in [3.8, 4) is 0 Å². The van der Waals surface area contributed by atoms with E-state index in [0.29, 0.717) is 24.2 Å². The number of hydrogen-bond acceptors (Lipinski definition) is 3. The summed E-state index contributed by atoms with van der Waals surface area (Å²) in [5.74, 6) is -0.243. The maximum atomic E-state index is 11.9. The summed E-state index contributed by atoms with van der Waals surface area (Å²) in [6.45, 7) is 0.503. The number of allylic oxidation sites excluding steroid dienone is 1. The molecule has 0 aliphatic heterocycles. The van der Waals surface area contributed by atoms with Gasteiger partial charge < -0.3 is 15.7 Å². The van der Waals surface area contributed by atoms with Gasteiger partial charge in [-0.05, 0) is 49.9 Å². The molecule has 2 rings (SSSR count). The molecule has 112 valence electrons. The van der Waals surface area contributed by atoms with Crippen molar-refractivity contribution in [1.82, 2.24) is 5.32 Å². The lowest BCUT2D eigenvalue weighted by atomic mass is 10.1. The average Bonchev–Trinajstić information content (AvgIpc) is 3.02. The maximum absolute atomic E-state index is 11.9. The Labute approximate surface area is 124 Å². The Morgan fingerprint density at radius 3 is 2.52 bits per heavy atom. The Morgan fingerprint density at radius 1 is 1.14 bits per heavy atom. The van der Waals surface area contributed by atoms with Crippen LogP contribution in [0, 0.1) is 0 Å². The zero-order valence-corrected chi connectivity index (χ0v) is 11.9. The zero-order chi connectivity index (χ0) is 15.1. The molecule has 0 aromatic heterocycles. The van der Waals surface area contributed by atoms with Crippen molar-refractivity contribution in [3.63, 3.8) is 0 Å². The highest BCUT2D eigenvalue weighted by Crippen LogP contribution is 2.19. The third-order valence-electron chi connectivity index (χ3n) is 3.36. The maximum Gasteiger partial charge on any atom is 0.251 e. The zero-order valence-electron chi connectivity index (χ0n) is 11.9. The van der Waals surface area contributed by atoms with E-state index in [-0.39, 0.29) is 18.4 Å². The van der Waals surface area contributed by atoms with Crippen molar-refractivity contribution >= 4 is 17.5 Å². The molecule has 1 aliphatic carbocycles. The van der Waals surface area contributed by atoms with Crippen molar-refractivity contribution in [1.29, 1.82) is 0 Å². The van der Waals surface area contributed by atoms with Gasteiger partial charge in [-0.1, -0.05) is 6.08 Å². The summed E-state index contributed by atoms with van der Waals surface area (Å²) in [5.41, 5.74) is 2.05. The van der Waals surface area contributed by atoms with Crippen LogP contribution in [-0.4, -0.2) is 30.1 Å². The first-order valence-corrected chi connectivity index (χ1v) is 7.20. The van der Waals surface area contributed by atoms with Crippen LogP contribution in [0.1, 0.15) is 36.0 Å². The molecular formula is C16H20N2O3. The Balaban J connectivity index is 1.89. The predicted molar refractivity (Wildman–Crippen MR) is 81.0 cm³/mol. The molecule has 0 fully saturated rings. The van der Waals surface area contributed by atoms with Gasteiger partial charge in [-0.3, -0.25) is 9.59 Å². The molecule has 0 bridgehead atoms. The summed E-state index contributed by atoms with van der Waals surface area (Å²) >= 11 is 0. The molecule has 0 spiro atoms. The van der Waals surface area contributed by atoms with E-state index in [2.05, 4.69) is 10.6 Å². The van der Waals surface area contributed by atoms with Gasteiger partial charge in [0.25, 0.3) is 11.8 Å². The standard InChI is InChI=1S/C16H20N2O3/c19-11-3-10-17-15(20)13-6-8-14(9-7-13)18-16(21)12-4-1-2-5-12/h4,6-9,19H,1-3,5,10-11H2,(H,17,20)(H,18,21). The van der Waals surface area contributed by atoms with Crippen molar-refractivity contribution < 1.29 is 14.7 Å². The summed E-state index contributed by atoms with van der Waals surface area (Å²) in [7, 11) is 0. The number of carbonyl (C=O) groups is 2. The summed E-state index contributed by atoms with van der Waals surface area (Å²) in [4.78, 5) is 23.7. The third kappa shape index (κ3) is 4.43. The normalized spacial score (nSPS) is 13.7. The smallest absolute Gasteiger partial charge is 0.251 e. The summed E-state index contributed by atoms with van der Waals surface area (Å²) in [5, 5.41) is 14.2. The van der Waals surface area contributed by atoms with Crippen LogP contribution in [0.2, 0.25) is 0 Å². The minimum absolute atomic E-state index is 0.0566. The topological polar surface area (TPSA) is 78.4 Å². The monoisotopic (exact) mass is 288 g/mol. The average molecular weight is 288 g/mol. The van der Waals surface area contributed by atoms with Crippen LogP contribution >= 0.6 is 0 Å². The Hall–Kier alpha value is -2.14. The van der Waals surface area contributed by atoms with Gasteiger partial charge >= 0.3 is 0 Å². The Kier molecular flexibility index (Phi) is 5.51. The van der Waals surface area contributed by atoms with E-state index >= 15 is 0 Å². The summed E-state index contributed by atoms with van der Waals surface area (Å²) in [6, 6.07) is 6.78. The van der Waals surface area contributed by atoms with E-state index in [1.165, 1.54) is 0 Å². The van der Waals surface area contributed by atoms with E-state index in [1.54, 1.807) is 24.3 Å². The first-order chi connectivity index (χ1) is 10.2. The lowest BCUT2D eigenvalue weighted by molar-refractivity contribution is -0.112. The van der Waals surface area contributed by atoms with Gasteiger partial charge in [-0.2, -0.15) is 0 Å². The number of aliphatic hydroxyl groups is 1. The molecule has 0 unspecified atom stereocenters. The quantitative estimate of drug-likeness (QED) is 0.699. The highest BCUT2D eigenvalue weighted by Gasteiger charge is 2.13. The second kappa shape index (κ2) is 7.59. The highest BCUT2D eigenvalue weighted by atomic mass is 16.3.